The van der Waals surface area contributed by atoms with E-state index in [2.05, 4.69) is 15.5 Å². The number of esters is 1. The molecule has 0 aliphatic rings. The van der Waals surface area contributed by atoms with Crippen molar-refractivity contribution >= 4 is 17.7 Å². The molecule has 7 nitrogen and oxygen atoms in total. The van der Waals surface area contributed by atoms with E-state index in [0.717, 1.165) is 11.3 Å². The number of thioether (sulfide) groups is 1. The van der Waals surface area contributed by atoms with Crippen molar-refractivity contribution in [2.45, 2.75) is 18.7 Å². The van der Waals surface area contributed by atoms with Gasteiger partial charge in [-0.2, -0.15) is 4.68 Å². The van der Waals surface area contributed by atoms with Gasteiger partial charge >= 0.3 is 5.97 Å². The molecule has 1 aromatic carbocycles. The standard InChI is InChI=1S/C12H14N4O3S/c1-2-19-11(18)8-20-12-13-14-15-16(12)10-5-3-9(7-17)4-6-10/h3-6,17H,2,7-8H2,1H3. The Morgan fingerprint density at radius 3 is 2.80 bits per heavy atom. The third-order valence-corrected chi connectivity index (χ3v) is 3.32. The Bertz CT molecular complexity index is 570. The first-order valence-electron chi connectivity index (χ1n) is 6.01. The fourth-order valence-corrected chi connectivity index (χ4v) is 2.19. The quantitative estimate of drug-likeness (QED) is 0.622. The first-order valence-corrected chi connectivity index (χ1v) is 7.00. The number of benzene rings is 1. The second kappa shape index (κ2) is 7.01. The number of nitrogens with zero attached hydrogens (tertiary/aromatic N) is 4. The zero-order chi connectivity index (χ0) is 14.4. The normalized spacial score (nSPS) is 10.5. The van der Waals surface area contributed by atoms with Crippen LogP contribution >= 0.6 is 11.8 Å². The molecule has 0 spiro atoms. The van der Waals surface area contributed by atoms with E-state index in [9.17, 15) is 4.79 Å². The number of aliphatic hydroxyl groups is 1. The van der Waals surface area contributed by atoms with Crippen LogP contribution in [-0.4, -0.2) is 43.6 Å². The van der Waals surface area contributed by atoms with Crippen molar-refractivity contribution in [2.75, 3.05) is 12.4 Å². The van der Waals surface area contributed by atoms with Gasteiger partial charge in [-0.05, 0) is 35.0 Å². The Balaban J connectivity index is 2.09. The van der Waals surface area contributed by atoms with Gasteiger partial charge in [0.1, 0.15) is 0 Å². The van der Waals surface area contributed by atoms with Crippen LogP contribution in [0.15, 0.2) is 29.4 Å². The van der Waals surface area contributed by atoms with Gasteiger partial charge in [0.15, 0.2) is 0 Å². The van der Waals surface area contributed by atoms with Crippen molar-refractivity contribution < 1.29 is 14.6 Å². The van der Waals surface area contributed by atoms with Crippen LogP contribution in [0.5, 0.6) is 0 Å². The van der Waals surface area contributed by atoms with Gasteiger partial charge in [0.05, 0.1) is 24.7 Å². The molecule has 0 fully saturated rings. The summed E-state index contributed by atoms with van der Waals surface area (Å²) in [4.78, 5) is 11.3. The van der Waals surface area contributed by atoms with Crippen LogP contribution in [0.4, 0.5) is 0 Å². The number of aliphatic hydroxyl groups excluding tert-OH is 1. The van der Waals surface area contributed by atoms with Crippen LogP contribution in [0.1, 0.15) is 12.5 Å². The Labute approximate surface area is 119 Å². The predicted molar refractivity (Wildman–Crippen MR) is 72.4 cm³/mol. The summed E-state index contributed by atoms with van der Waals surface area (Å²) in [6.07, 6.45) is 0. The summed E-state index contributed by atoms with van der Waals surface area (Å²) >= 11 is 1.21. The van der Waals surface area contributed by atoms with Crippen LogP contribution in [0.2, 0.25) is 0 Å². The summed E-state index contributed by atoms with van der Waals surface area (Å²) in [6.45, 7) is 2.10. The Hall–Kier alpha value is -1.93. The number of tetrazole rings is 1. The minimum atomic E-state index is -0.303. The smallest absolute Gasteiger partial charge is 0.316 e. The molecule has 1 aromatic heterocycles. The number of carbonyl (C=O) groups excluding carboxylic acids is 1. The maximum atomic E-state index is 11.3. The van der Waals surface area contributed by atoms with Crippen LogP contribution in [0, 0.1) is 0 Å². The molecule has 1 N–H and O–H groups in total. The molecule has 8 heteroatoms. The molecule has 0 bridgehead atoms. The van der Waals surface area contributed by atoms with E-state index in [1.54, 1.807) is 31.2 Å². The maximum absolute atomic E-state index is 11.3. The lowest BCUT2D eigenvalue weighted by molar-refractivity contribution is -0.139. The first kappa shape index (κ1) is 14.5. The van der Waals surface area contributed by atoms with Gasteiger partial charge in [0, 0.05) is 0 Å². The van der Waals surface area contributed by atoms with Gasteiger partial charge in [0.2, 0.25) is 5.16 Å². The predicted octanol–water partition coefficient (Wildman–Crippen LogP) is 0.810. The molecule has 1 heterocycles. The van der Waals surface area contributed by atoms with Crippen molar-refractivity contribution in [3.05, 3.63) is 29.8 Å². The van der Waals surface area contributed by atoms with Crippen molar-refractivity contribution in [2.24, 2.45) is 0 Å². The molecule has 2 rings (SSSR count). The van der Waals surface area contributed by atoms with Gasteiger partial charge in [-0.15, -0.1) is 5.10 Å². The highest BCUT2D eigenvalue weighted by atomic mass is 32.2. The molecule has 0 saturated carbocycles. The van der Waals surface area contributed by atoms with E-state index < -0.39 is 0 Å². The fourth-order valence-electron chi connectivity index (χ4n) is 1.50. The lowest BCUT2D eigenvalue weighted by atomic mass is 10.2. The summed E-state index contributed by atoms with van der Waals surface area (Å²) in [7, 11) is 0. The molecule has 0 amide bonds. The third-order valence-electron chi connectivity index (χ3n) is 2.43. The van der Waals surface area contributed by atoms with Crippen LogP contribution < -0.4 is 0 Å². The molecule has 0 atom stereocenters. The number of ether oxygens (including phenoxy) is 1. The minimum absolute atomic E-state index is 0.0135. The summed E-state index contributed by atoms with van der Waals surface area (Å²) in [6, 6.07) is 7.18. The molecule has 2 aromatic rings. The monoisotopic (exact) mass is 294 g/mol. The number of hydrogen-bond acceptors (Lipinski definition) is 7. The van der Waals surface area contributed by atoms with Crippen molar-refractivity contribution in [1.29, 1.82) is 0 Å². The van der Waals surface area contributed by atoms with Crippen LogP contribution in [0.25, 0.3) is 5.69 Å². The SMILES string of the molecule is CCOC(=O)CSc1nnnn1-c1ccc(CO)cc1. The third kappa shape index (κ3) is 3.55. The Morgan fingerprint density at radius 2 is 2.15 bits per heavy atom. The Morgan fingerprint density at radius 1 is 1.40 bits per heavy atom. The highest BCUT2D eigenvalue weighted by Crippen LogP contribution is 2.18. The Kier molecular flexibility index (Phi) is 5.08. The topological polar surface area (TPSA) is 90.1 Å². The van der Waals surface area contributed by atoms with Crippen LogP contribution in [-0.2, 0) is 16.1 Å². The molecule has 0 aliphatic heterocycles. The molecule has 0 saturated heterocycles. The van der Waals surface area contributed by atoms with E-state index in [0.29, 0.717) is 11.8 Å². The average molecular weight is 294 g/mol. The highest BCUT2D eigenvalue weighted by molar-refractivity contribution is 7.99. The molecular weight excluding hydrogens is 280 g/mol. The summed E-state index contributed by atoms with van der Waals surface area (Å²) in [5, 5.41) is 20.9. The lowest BCUT2D eigenvalue weighted by Gasteiger charge is -2.05. The average Bonchev–Trinajstić information content (AvgIpc) is 2.94. The molecule has 0 radical (unpaired) electrons. The number of aromatic nitrogens is 4. The zero-order valence-electron chi connectivity index (χ0n) is 10.9. The number of hydrogen-bond donors (Lipinski definition) is 1. The van der Waals surface area contributed by atoms with E-state index in [1.807, 2.05) is 0 Å². The lowest BCUT2D eigenvalue weighted by Crippen LogP contribution is -2.08. The van der Waals surface area contributed by atoms with E-state index in [1.165, 1.54) is 16.4 Å². The molecular formula is C12H14N4O3S. The maximum Gasteiger partial charge on any atom is 0.316 e. The fraction of sp³-hybridized carbons (Fsp3) is 0.333. The van der Waals surface area contributed by atoms with E-state index >= 15 is 0 Å². The zero-order valence-corrected chi connectivity index (χ0v) is 11.7. The molecule has 0 unspecified atom stereocenters. The van der Waals surface area contributed by atoms with E-state index in [-0.39, 0.29) is 18.3 Å². The second-order valence-electron chi connectivity index (χ2n) is 3.79. The van der Waals surface area contributed by atoms with Gasteiger partial charge in [-0.1, -0.05) is 23.9 Å². The molecule has 20 heavy (non-hydrogen) atoms. The summed E-state index contributed by atoms with van der Waals surface area (Å²) in [5.41, 5.74) is 1.57. The number of carbonyl (C=O) groups is 1. The van der Waals surface area contributed by atoms with Gasteiger partial charge in [-0.25, -0.2) is 0 Å². The summed E-state index contributed by atoms with van der Waals surface area (Å²) in [5.74, 6) is -0.147. The van der Waals surface area contributed by atoms with E-state index in [4.69, 9.17) is 9.84 Å². The minimum Gasteiger partial charge on any atom is -0.465 e. The van der Waals surface area contributed by atoms with Crippen molar-refractivity contribution in [3.8, 4) is 5.69 Å². The first-order chi connectivity index (χ1) is 9.74. The highest BCUT2D eigenvalue weighted by Gasteiger charge is 2.11. The number of rotatable bonds is 6. The second-order valence-corrected chi connectivity index (χ2v) is 4.73. The van der Waals surface area contributed by atoms with Crippen molar-refractivity contribution in [1.82, 2.24) is 20.2 Å². The van der Waals surface area contributed by atoms with Gasteiger partial charge in [0.25, 0.3) is 0 Å². The molecule has 0 aliphatic carbocycles. The molecule has 106 valence electrons. The summed E-state index contributed by atoms with van der Waals surface area (Å²) < 4.78 is 6.38. The van der Waals surface area contributed by atoms with Crippen LogP contribution in [0.3, 0.4) is 0 Å². The largest absolute Gasteiger partial charge is 0.465 e. The van der Waals surface area contributed by atoms with Gasteiger partial charge < -0.3 is 9.84 Å². The van der Waals surface area contributed by atoms with Crippen molar-refractivity contribution in [3.63, 3.8) is 0 Å². The van der Waals surface area contributed by atoms with Gasteiger partial charge in [-0.3, -0.25) is 4.79 Å².